The number of hydrogen-bond donors (Lipinski definition) is 1. The zero-order valence-corrected chi connectivity index (χ0v) is 9.51. The van der Waals surface area contributed by atoms with Gasteiger partial charge in [-0.25, -0.2) is 15.0 Å². The van der Waals surface area contributed by atoms with Crippen molar-refractivity contribution in [2.24, 2.45) is 0 Å². The van der Waals surface area contributed by atoms with Crippen molar-refractivity contribution in [2.45, 2.75) is 20.4 Å². The molecule has 0 saturated carbocycles. The van der Waals surface area contributed by atoms with Crippen LogP contribution in [-0.2, 0) is 6.54 Å². The highest BCUT2D eigenvalue weighted by molar-refractivity contribution is 7.09. The topological polar surface area (TPSA) is 50.7 Å². The predicted molar refractivity (Wildman–Crippen MR) is 60.9 cm³/mol. The molecular formula is C10H12N4S. The first-order valence-corrected chi connectivity index (χ1v) is 5.56. The first kappa shape index (κ1) is 10.0. The van der Waals surface area contributed by atoms with Crippen LogP contribution in [0.3, 0.4) is 0 Å². The molecule has 2 heterocycles. The summed E-state index contributed by atoms with van der Waals surface area (Å²) in [5.41, 5.74) is 1.07. The number of aromatic nitrogens is 3. The van der Waals surface area contributed by atoms with E-state index in [0.29, 0.717) is 0 Å². The highest BCUT2D eigenvalue weighted by Gasteiger charge is 1.99. The molecule has 0 aliphatic heterocycles. The maximum absolute atomic E-state index is 4.36. The fourth-order valence-corrected chi connectivity index (χ4v) is 1.92. The first-order valence-electron chi connectivity index (χ1n) is 4.68. The third-order valence-corrected chi connectivity index (χ3v) is 2.83. The van der Waals surface area contributed by atoms with E-state index < -0.39 is 0 Å². The van der Waals surface area contributed by atoms with Crippen molar-refractivity contribution in [3.63, 3.8) is 0 Å². The normalized spacial score (nSPS) is 10.3. The minimum absolute atomic E-state index is 0.717. The molecular weight excluding hydrogens is 208 g/mol. The molecule has 15 heavy (non-hydrogen) atoms. The zero-order chi connectivity index (χ0) is 10.7. The van der Waals surface area contributed by atoms with E-state index in [2.05, 4.69) is 20.3 Å². The average molecular weight is 220 g/mol. The van der Waals surface area contributed by atoms with E-state index in [4.69, 9.17) is 0 Å². The maximum Gasteiger partial charge on any atom is 0.129 e. The van der Waals surface area contributed by atoms with Gasteiger partial charge in [-0.1, -0.05) is 0 Å². The fourth-order valence-electron chi connectivity index (χ4n) is 1.20. The summed E-state index contributed by atoms with van der Waals surface area (Å²) in [5.74, 6) is 1.62. The van der Waals surface area contributed by atoms with Gasteiger partial charge in [0.15, 0.2) is 0 Å². The Morgan fingerprint density at radius 1 is 1.33 bits per heavy atom. The zero-order valence-electron chi connectivity index (χ0n) is 8.69. The molecule has 0 amide bonds. The van der Waals surface area contributed by atoms with E-state index in [1.54, 1.807) is 17.5 Å². The highest BCUT2D eigenvalue weighted by Crippen LogP contribution is 2.10. The molecule has 0 spiro atoms. The van der Waals surface area contributed by atoms with Gasteiger partial charge in [-0.3, -0.25) is 0 Å². The van der Waals surface area contributed by atoms with Gasteiger partial charge in [0, 0.05) is 17.3 Å². The van der Waals surface area contributed by atoms with Crippen molar-refractivity contribution < 1.29 is 0 Å². The molecule has 0 radical (unpaired) electrons. The molecule has 5 heteroatoms. The van der Waals surface area contributed by atoms with Gasteiger partial charge in [0.2, 0.25) is 0 Å². The highest BCUT2D eigenvalue weighted by atomic mass is 32.1. The lowest BCUT2D eigenvalue weighted by atomic mass is 10.5. The van der Waals surface area contributed by atoms with Crippen LogP contribution in [0.4, 0.5) is 5.82 Å². The fraction of sp³-hybridized carbons (Fsp3) is 0.300. The Kier molecular flexibility index (Phi) is 2.91. The van der Waals surface area contributed by atoms with Crippen LogP contribution in [0.1, 0.15) is 16.5 Å². The molecule has 78 valence electrons. The van der Waals surface area contributed by atoms with E-state index in [1.807, 2.05) is 25.3 Å². The van der Waals surface area contributed by atoms with Crippen LogP contribution in [0.5, 0.6) is 0 Å². The summed E-state index contributed by atoms with van der Waals surface area (Å²) in [5, 5.41) is 6.33. The minimum Gasteiger partial charge on any atom is -0.363 e. The monoisotopic (exact) mass is 220 g/mol. The van der Waals surface area contributed by atoms with Crippen molar-refractivity contribution in [2.75, 3.05) is 5.32 Å². The molecule has 4 nitrogen and oxygen atoms in total. The number of nitrogens with one attached hydrogen (secondary N) is 1. The van der Waals surface area contributed by atoms with Gasteiger partial charge in [-0.05, 0) is 19.9 Å². The third-order valence-electron chi connectivity index (χ3n) is 1.86. The number of rotatable bonds is 3. The standard InChI is InChI=1S/C10H12N4S/c1-7-6-15-10(13-7)5-12-9-3-4-11-8(2)14-9/h3-4,6H,5H2,1-2H3,(H,11,12,14). The molecule has 0 aromatic carbocycles. The lowest BCUT2D eigenvalue weighted by molar-refractivity contribution is 1.01. The van der Waals surface area contributed by atoms with Crippen molar-refractivity contribution >= 4 is 17.2 Å². The van der Waals surface area contributed by atoms with Crippen molar-refractivity contribution in [3.8, 4) is 0 Å². The summed E-state index contributed by atoms with van der Waals surface area (Å²) in [6.45, 7) is 4.59. The van der Waals surface area contributed by atoms with Crippen molar-refractivity contribution in [1.29, 1.82) is 0 Å². The molecule has 2 aromatic rings. The minimum atomic E-state index is 0.717. The quantitative estimate of drug-likeness (QED) is 0.861. The van der Waals surface area contributed by atoms with Crippen LogP contribution < -0.4 is 5.32 Å². The molecule has 0 aliphatic rings. The third kappa shape index (κ3) is 2.73. The van der Waals surface area contributed by atoms with Crippen LogP contribution >= 0.6 is 11.3 Å². The van der Waals surface area contributed by atoms with Gasteiger partial charge < -0.3 is 5.32 Å². The number of anilines is 1. The second kappa shape index (κ2) is 4.35. The largest absolute Gasteiger partial charge is 0.363 e. The van der Waals surface area contributed by atoms with Crippen LogP contribution in [-0.4, -0.2) is 15.0 Å². The van der Waals surface area contributed by atoms with E-state index in [-0.39, 0.29) is 0 Å². The van der Waals surface area contributed by atoms with Crippen LogP contribution in [0.2, 0.25) is 0 Å². The van der Waals surface area contributed by atoms with Crippen LogP contribution in [0.25, 0.3) is 0 Å². The molecule has 0 bridgehead atoms. The molecule has 0 saturated heterocycles. The van der Waals surface area contributed by atoms with Crippen molar-refractivity contribution in [1.82, 2.24) is 15.0 Å². The van der Waals surface area contributed by atoms with Gasteiger partial charge >= 0.3 is 0 Å². The Morgan fingerprint density at radius 2 is 2.20 bits per heavy atom. The Bertz CT molecular complexity index is 452. The number of aryl methyl sites for hydroxylation is 2. The molecule has 0 fully saturated rings. The molecule has 0 atom stereocenters. The summed E-state index contributed by atoms with van der Waals surface area (Å²) in [6, 6.07) is 1.85. The van der Waals surface area contributed by atoms with Crippen LogP contribution in [0.15, 0.2) is 17.6 Å². The summed E-state index contributed by atoms with van der Waals surface area (Å²) < 4.78 is 0. The SMILES string of the molecule is Cc1csc(CNc2ccnc(C)n2)n1. The van der Waals surface area contributed by atoms with Gasteiger partial charge in [0.25, 0.3) is 0 Å². The van der Waals surface area contributed by atoms with Gasteiger partial charge in [0.1, 0.15) is 16.6 Å². The van der Waals surface area contributed by atoms with Crippen LogP contribution in [0, 0.1) is 13.8 Å². The summed E-state index contributed by atoms with van der Waals surface area (Å²) >= 11 is 1.66. The van der Waals surface area contributed by atoms with E-state index >= 15 is 0 Å². The van der Waals surface area contributed by atoms with Gasteiger partial charge in [-0.15, -0.1) is 11.3 Å². The van der Waals surface area contributed by atoms with Gasteiger partial charge in [-0.2, -0.15) is 0 Å². The molecule has 1 N–H and O–H groups in total. The smallest absolute Gasteiger partial charge is 0.129 e. The lowest BCUT2D eigenvalue weighted by Crippen LogP contribution is -2.02. The Balaban J connectivity index is 1.99. The lowest BCUT2D eigenvalue weighted by Gasteiger charge is -2.02. The van der Waals surface area contributed by atoms with E-state index in [0.717, 1.165) is 28.9 Å². The summed E-state index contributed by atoms with van der Waals surface area (Å²) in [6.07, 6.45) is 1.75. The number of hydrogen-bond acceptors (Lipinski definition) is 5. The van der Waals surface area contributed by atoms with E-state index in [1.165, 1.54) is 0 Å². The van der Waals surface area contributed by atoms with E-state index in [9.17, 15) is 0 Å². The average Bonchev–Trinajstić information content (AvgIpc) is 2.62. The number of nitrogens with zero attached hydrogens (tertiary/aromatic N) is 3. The molecule has 2 aromatic heterocycles. The Labute approximate surface area is 92.4 Å². The van der Waals surface area contributed by atoms with Crippen molar-refractivity contribution in [3.05, 3.63) is 34.2 Å². The second-order valence-corrected chi connectivity index (χ2v) is 4.17. The maximum atomic E-state index is 4.36. The Hall–Kier alpha value is -1.49. The van der Waals surface area contributed by atoms with Gasteiger partial charge in [0.05, 0.1) is 6.54 Å². The summed E-state index contributed by atoms with van der Waals surface area (Å²) in [4.78, 5) is 12.6. The predicted octanol–water partition coefficient (Wildman–Crippen LogP) is 2.16. The molecule has 2 rings (SSSR count). The molecule has 0 unspecified atom stereocenters. The molecule has 0 aliphatic carbocycles. The first-order chi connectivity index (χ1) is 7.24. The Morgan fingerprint density at radius 3 is 2.87 bits per heavy atom. The summed E-state index contributed by atoms with van der Waals surface area (Å²) in [7, 11) is 0. The second-order valence-electron chi connectivity index (χ2n) is 3.23. The number of thiazole rings is 1.